The van der Waals surface area contributed by atoms with Gasteiger partial charge in [-0.2, -0.15) is 0 Å². The Hall–Kier alpha value is -1.41. The van der Waals surface area contributed by atoms with E-state index >= 15 is 0 Å². The third-order valence-electron chi connectivity index (χ3n) is 3.63. The molecule has 1 aromatic heterocycles. The summed E-state index contributed by atoms with van der Waals surface area (Å²) in [6.45, 7) is 1.92. The fraction of sp³-hybridized carbons (Fsp3) is 0.533. The second-order valence-corrected chi connectivity index (χ2v) is 7.92. The van der Waals surface area contributed by atoms with E-state index in [4.69, 9.17) is 0 Å². The Morgan fingerprint density at radius 2 is 2.00 bits per heavy atom. The minimum absolute atomic E-state index is 0.0216. The average molecular weight is 402 g/mol. The van der Waals surface area contributed by atoms with Crippen molar-refractivity contribution in [3.63, 3.8) is 0 Å². The molecule has 1 aliphatic rings. The number of likely N-dealkylation sites (N-methyl/N-ethyl adjacent to an activating group) is 1. The Labute approximate surface area is 148 Å². The van der Waals surface area contributed by atoms with Crippen LogP contribution in [0.3, 0.4) is 0 Å². The molecule has 2 heterocycles. The maximum Gasteiger partial charge on any atom is 0.264 e. The Bertz CT molecular complexity index is 584. The zero-order valence-corrected chi connectivity index (χ0v) is 15.4. The number of hydrogen-bond donors (Lipinski definition) is 1. The van der Waals surface area contributed by atoms with Gasteiger partial charge in [0.1, 0.15) is 0 Å². The standard InChI is InChI=1S/C15H20BrN3O3S/c1-18(15(22)11-4-5-12(16)23-11)10-13(20)17-7-6-14(21)19-8-2-3-9-19/h4-5H,2-3,6-10H2,1H3,(H,17,20). The molecule has 1 aromatic rings. The molecule has 1 saturated heterocycles. The van der Waals surface area contributed by atoms with Crippen molar-refractivity contribution in [1.82, 2.24) is 15.1 Å². The minimum Gasteiger partial charge on any atom is -0.354 e. The molecule has 3 amide bonds. The molecule has 0 aromatic carbocycles. The Morgan fingerprint density at radius 3 is 2.61 bits per heavy atom. The fourth-order valence-corrected chi connectivity index (χ4v) is 3.77. The first-order valence-electron chi connectivity index (χ1n) is 7.52. The van der Waals surface area contributed by atoms with Gasteiger partial charge < -0.3 is 15.1 Å². The molecule has 6 nitrogen and oxygen atoms in total. The van der Waals surface area contributed by atoms with E-state index < -0.39 is 0 Å². The molecule has 1 N–H and O–H groups in total. The number of carbonyl (C=O) groups is 3. The highest BCUT2D eigenvalue weighted by molar-refractivity contribution is 9.11. The molecule has 1 fully saturated rings. The second kappa shape index (κ2) is 8.44. The first kappa shape index (κ1) is 17.9. The van der Waals surface area contributed by atoms with E-state index in [9.17, 15) is 14.4 Å². The van der Waals surface area contributed by atoms with Crippen LogP contribution in [0, 0.1) is 0 Å². The molecule has 2 rings (SSSR count). The van der Waals surface area contributed by atoms with Gasteiger partial charge in [0.25, 0.3) is 5.91 Å². The van der Waals surface area contributed by atoms with Crippen molar-refractivity contribution < 1.29 is 14.4 Å². The summed E-state index contributed by atoms with van der Waals surface area (Å²) >= 11 is 4.64. The predicted molar refractivity (Wildman–Crippen MR) is 92.4 cm³/mol. The van der Waals surface area contributed by atoms with Gasteiger partial charge in [0.2, 0.25) is 11.8 Å². The maximum absolute atomic E-state index is 12.1. The topological polar surface area (TPSA) is 69.7 Å². The van der Waals surface area contributed by atoms with Gasteiger partial charge in [0, 0.05) is 33.1 Å². The SMILES string of the molecule is CN(CC(=O)NCCC(=O)N1CCCC1)C(=O)c1ccc(Br)s1. The van der Waals surface area contributed by atoms with Gasteiger partial charge in [-0.3, -0.25) is 14.4 Å². The predicted octanol–water partition coefficient (Wildman–Crippen LogP) is 1.71. The van der Waals surface area contributed by atoms with Crippen LogP contribution < -0.4 is 5.32 Å². The number of thiophene rings is 1. The zero-order valence-electron chi connectivity index (χ0n) is 13.0. The summed E-state index contributed by atoms with van der Waals surface area (Å²) in [6.07, 6.45) is 2.43. The molecule has 8 heteroatoms. The summed E-state index contributed by atoms with van der Waals surface area (Å²) in [5.41, 5.74) is 0. The normalized spacial score (nSPS) is 13.9. The monoisotopic (exact) mass is 401 g/mol. The van der Waals surface area contributed by atoms with Gasteiger partial charge in [0.05, 0.1) is 15.2 Å². The van der Waals surface area contributed by atoms with Crippen LogP contribution in [-0.4, -0.2) is 60.7 Å². The van der Waals surface area contributed by atoms with Crippen LogP contribution in [0.4, 0.5) is 0 Å². The summed E-state index contributed by atoms with van der Waals surface area (Å²) in [7, 11) is 1.59. The Balaban J connectivity index is 1.69. The number of likely N-dealkylation sites (tertiary alicyclic amines) is 1. The number of hydrogen-bond acceptors (Lipinski definition) is 4. The number of nitrogens with zero attached hydrogens (tertiary/aromatic N) is 2. The van der Waals surface area contributed by atoms with Crippen molar-refractivity contribution in [1.29, 1.82) is 0 Å². The lowest BCUT2D eigenvalue weighted by Crippen LogP contribution is -2.39. The summed E-state index contributed by atoms with van der Waals surface area (Å²) in [5.74, 6) is -0.370. The van der Waals surface area contributed by atoms with Crippen LogP contribution in [0.1, 0.15) is 28.9 Å². The van der Waals surface area contributed by atoms with Crippen molar-refractivity contribution in [2.24, 2.45) is 0 Å². The lowest BCUT2D eigenvalue weighted by molar-refractivity contribution is -0.130. The molecule has 23 heavy (non-hydrogen) atoms. The number of halogens is 1. The van der Waals surface area contributed by atoms with Crippen molar-refractivity contribution >= 4 is 45.0 Å². The van der Waals surface area contributed by atoms with Gasteiger partial charge in [0.15, 0.2) is 0 Å². The van der Waals surface area contributed by atoms with Crippen LogP contribution in [0.5, 0.6) is 0 Å². The van der Waals surface area contributed by atoms with Crippen molar-refractivity contribution in [3.05, 3.63) is 20.8 Å². The van der Waals surface area contributed by atoms with Gasteiger partial charge in [-0.05, 0) is 40.9 Å². The van der Waals surface area contributed by atoms with Crippen molar-refractivity contribution in [2.75, 3.05) is 33.2 Å². The van der Waals surface area contributed by atoms with Crippen LogP contribution >= 0.6 is 27.3 Å². The second-order valence-electron chi connectivity index (χ2n) is 5.45. The number of carbonyl (C=O) groups excluding carboxylic acids is 3. The van der Waals surface area contributed by atoms with E-state index in [1.807, 2.05) is 4.90 Å². The smallest absolute Gasteiger partial charge is 0.264 e. The molecule has 0 aliphatic carbocycles. The molecule has 0 saturated carbocycles. The van der Waals surface area contributed by atoms with E-state index in [0.717, 1.165) is 29.7 Å². The van der Waals surface area contributed by atoms with Crippen molar-refractivity contribution in [2.45, 2.75) is 19.3 Å². The molecule has 0 atom stereocenters. The highest BCUT2D eigenvalue weighted by atomic mass is 79.9. The molecule has 0 radical (unpaired) electrons. The summed E-state index contributed by atoms with van der Waals surface area (Å²) in [4.78, 5) is 39.6. The van der Waals surface area contributed by atoms with E-state index in [0.29, 0.717) is 17.8 Å². The van der Waals surface area contributed by atoms with Crippen LogP contribution in [0.15, 0.2) is 15.9 Å². The Morgan fingerprint density at radius 1 is 1.30 bits per heavy atom. The van der Waals surface area contributed by atoms with E-state index in [1.165, 1.54) is 16.2 Å². The quantitative estimate of drug-likeness (QED) is 0.788. The molecular formula is C15H20BrN3O3S. The highest BCUT2D eigenvalue weighted by Gasteiger charge is 2.19. The average Bonchev–Trinajstić information content (AvgIpc) is 3.17. The first-order valence-corrected chi connectivity index (χ1v) is 9.13. The molecule has 0 bridgehead atoms. The summed E-state index contributed by atoms with van der Waals surface area (Å²) < 4.78 is 0.874. The molecular weight excluding hydrogens is 382 g/mol. The van der Waals surface area contributed by atoms with Gasteiger partial charge in [-0.15, -0.1) is 11.3 Å². The van der Waals surface area contributed by atoms with Gasteiger partial charge in [-0.1, -0.05) is 0 Å². The largest absolute Gasteiger partial charge is 0.354 e. The van der Waals surface area contributed by atoms with Crippen LogP contribution in [0.2, 0.25) is 0 Å². The van der Waals surface area contributed by atoms with Gasteiger partial charge >= 0.3 is 0 Å². The van der Waals surface area contributed by atoms with Crippen LogP contribution in [-0.2, 0) is 9.59 Å². The number of nitrogens with one attached hydrogen (secondary N) is 1. The minimum atomic E-state index is -0.259. The number of amides is 3. The molecule has 126 valence electrons. The third kappa shape index (κ3) is 5.31. The highest BCUT2D eigenvalue weighted by Crippen LogP contribution is 2.22. The lowest BCUT2D eigenvalue weighted by Gasteiger charge is -2.17. The first-order chi connectivity index (χ1) is 11.0. The Kier molecular flexibility index (Phi) is 6.59. The van der Waals surface area contributed by atoms with E-state index in [2.05, 4.69) is 21.2 Å². The molecule has 0 spiro atoms. The van der Waals surface area contributed by atoms with E-state index in [-0.39, 0.29) is 24.3 Å². The maximum atomic E-state index is 12.1. The van der Waals surface area contributed by atoms with Crippen LogP contribution in [0.25, 0.3) is 0 Å². The molecule has 1 aliphatic heterocycles. The third-order valence-corrected chi connectivity index (χ3v) is 5.24. The van der Waals surface area contributed by atoms with Gasteiger partial charge in [-0.25, -0.2) is 0 Å². The van der Waals surface area contributed by atoms with E-state index in [1.54, 1.807) is 19.2 Å². The lowest BCUT2D eigenvalue weighted by atomic mass is 10.3. The summed E-state index contributed by atoms with van der Waals surface area (Å²) in [6, 6.07) is 3.52. The van der Waals surface area contributed by atoms with Crippen molar-refractivity contribution in [3.8, 4) is 0 Å². The zero-order chi connectivity index (χ0) is 16.8. The molecule has 0 unspecified atom stereocenters. The number of rotatable bonds is 6. The summed E-state index contributed by atoms with van der Waals surface area (Å²) in [5, 5.41) is 2.69. The fourth-order valence-electron chi connectivity index (χ4n) is 2.39.